The number of aryl methyl sites for hydroxylation is 1. The van der Waals surface area contributed by atoms with Crippen LogP contribution >= 0.6 is 0 Å². The molecule has 0 radical (unpaired) electrons. The first-order valence-corrected chi connectivity index (χ1v) is 6.59. The van der Waals surface area contributed by atoms with E-state index in [2.05, 4.69) is 15.4 Å². The van der Waals surface area contributed by atoms with Crippen LogP contribution in [-0.2, 0) is 11.3 Å². The van der Waals surface area contributed by atoms with Crippen molar-refractivity contribution in [2.45, 2.75) is 32.9 Å². The molecule has 0 aliphatic carbocycles. The van der Waals surface area contributed by atoms with Crippen LogP contribution < -0.4 is 11.1 Å². The number of carbonyl (C=O) groups is 1. The SMILES string of the molecule is CCC(NC(=O)Cn1nc(C)cc1N)c1ccncc1. The molecule has 1 atom stereocenters. The van der Waals surface area contributed by atoms with Crippen LogP contribution in [0.4, 0.5) is 5.82 Å². The third kappa shape index (κ3) is 3.34. The highest BCUT2D eigenvalue weighted by atomic mass is 16.2. The Morgan fingerprint density at radius 3 is 2.70 bits per heavy atom. The number of anilines is 1. The summed E-state index contributed by atoms with van der Waals surface area (Å²) in [4.78, 5) is 16.1. The second-order valence-corrected chi connectivity index (χ2v) is 4.68. The number of rotatable bonds is 5. The summed E-state index contributed by atoms with van der Waals surface area (Å²) < 4.78 is 1.50. The Hall–Kier alpha value is -2.37. The molecule has 0 saturated carbocycles. The molecule has 0 aliphatic rings. The van der Waals surface area contributed by atoms with Crippen LogP contribution in [0.25, 0.3) is 0 Å². The summed E-state index contributed by atoms with van der Waals surface area (Å²) in [6.45, 7) is 4.00. The van der Waals surface area contributed by atoms with Crippen LogP contribution in [0.15, 0.2) is 30.6 Å². The van der Waals surface area contributed by atoms with Crippen molar-refractivity contribution in [1.29, 1.82) is 0 Å². The summed E-state index contributed by atoms with van der Waals surface area (Å²) in [6.07, 6.45) is 4.25. The van der Waals surface area contributed by atoms with Gasteiger partial charge in [0.25, 0.3) is 0 Å². The fourth-order valence-corrected chi connectivity index (χ4v) is 2.09. The molecule has 2 aromatic heterocycles. The van der Waals surface area contributed by atoms with Gasteiger partial charge in [0, 0.05) is 18.5 Å². The third-order valence-electron chi connectivity index (χ3n) is 3.08. The highest BCUT2D eigenvalue weighted by molar-refractivity contribution is 5.76. The van der Waals surface area contributed by atoms with Gasteiger partial charge in [-0.1, -0.05) is 6.92 Å². The number of hydrogen-bond acceptors (Lipinski definition) is 4. The van der Waals surface area contributed by atoms with E-state index in [9.17, 15) is 4.79 Å². The zero-order chi connectivity index (χ0) is 14.5. The van der Waals surface area contributed by atoms with Gasteiger partial charge in [-0.2, -0.15) is 5.10 Å². The van der Waals surface area contributed by atoms with E-state index in [0.717, 1.165) is 17.7 Å². The Kier molecular flexibility index (Phi) is 4.34. The molecule has 6 heteroatoms. The monoisotopic (exact) mass is 273 g/mol. The first-order chi connectivity index (χ1) is 9.60. The lowest BCUT2D eigenvalue weighted by Crippen LogP contribution is -2.32. The maximum atomic E-state index is 12.1. The van der Waals surface area contributed by atoms with Gasteiger partial charge in [-0.15, -0.1) is 0 Å². The molecule has 2 rings (SSSR count). The van der Waals surface area contributed by atoms with Crippen molar-refractivity contribution in [3.8, 4) is 0 Å². The quantitative estimate of drug-likeness (QED) is 0.863. The zero-order valence-corrected chi connectivity index (χ0v) is 11.7. The number of hydrogen-bond donors (Lipinski definition) is 2. The molecule has 0 bridgehead atoms. The summed E-state index contributed by atoms with van der Waals surface area (Å²) in [5, 5.41) is 7.16. The molecule has 6 nitrogen and oxygen atoms in total. The number of pyridine rings is 1. The average Bonchev–Trinajstić information content (AvgIpc) is 2.75. The Morgan fingerprint density at radius 1 is 1.45 bits per heavy atom. The van der Waals surface area contributed by atoms with Gasteiger partial charge < -0.3 is 11.1 Å². The topological polar surface area (TPSA) is 85.8 Å². The predicted octanol–water partition coefficient (Wildman–Crippen LogP) is 1.44. The van der Waals surface area contributed by atoms with Gasteiger partial charge in [0.2, 0.25) is 5.91 Å². The maximum Gasteiger partial charge on any atom is 0.242 e. The Morgan fingerprint density at radius 2 is 2.15 bits per heavy atom. The number of nitrogens with one attached hydrogen (secondary N) is 1. The lowest BCUT2D eigenvalue weighted by atomic mass is 10.1. The van der Waals surface area contributed by atoms with Gasteiger partial charge >= 0.3 is 0 Å². The normalized spacial score (nSPS) is 12.1. The van der Waals surface area contributed by atoms with E-state index in [-0.39, 0.29) is 18.5 Å². The highest BCUT2D eigenvalue weighted by Gasteiger charge is 2.14. The summed E-state index contributed by atoms with van der Waals surface area (Å²) in [5.74, 6) is 0.387. The van der Waals surface area contributed by atoms with Gasteiger partial charge in [0.15, 0.2) is 0 Å². The van der Waals surface area contributed by atoms with Crippen molar-refractivity contribution in [3.05, 3.63) is 41.9 Å². The molecular weight excluding hydrogens is 254 g/mol. The summed E-state index contributed by atoms with van der Waals surface area (Å²) in [5.41, 5.74) is 7.62. The van der Waals surface area contributed by atoms with E-state index in [1.54, 1.807) is 18.5 Å². The molecule has 2 aromatic rings. The first kappa shape index (κ1) is 14.0. The van der Waals surface area contributed by atoms with E-state index in [1.165, 1.54) is 4.68 Å². The number of aromatic nitrogens is 3. The van der Waals surface area contributed by atoms with Crippen LogP contribution in [0.1, 0.15) is 30.6 Å². The minimum Gasteiger partial charge on any atom is -0.384 e. The molecule has 0 saturated heterocycles. The van der Waals surface area contributed by atoms with E-state index in [4.69, 9.17) is 5.73 Å². The highest BCUT2D eigenvalue weighted by Crippen LogP contribution is 2.15. The lowest BCUT2D eigenvalue weighted by Gasteiger charge is -2.17. The van der Waals surface area contributed by atoms with Crippen LogP contribution in [0.3, 0.4) is 0 Å². The fourth-order valence-electron chi connectivity index (χ4n) is 2.09. The standard InChI is InChI=1S/C14H19N5O/c1-3-12(11-4-6-16-7-5-11)17-14(20)9-19-13(15)8-10(2)18-19/h4-8,12H,3,9,15H2,1-2H3,(H,17,20). The van der Waals surface area contributed by atoms with Crippen molar-refractivity contribution >= 4 is 11.7 Å². The van der Waals surface area contributed by atoms with Gasteiger partial charge in [-0.3, -0.25) is 9.78 Å². The van der Waals surface area contributed by atoms with Gasteiger partial charge in [-0.05, 0) is 31.0 Å². The maximum absolute atomic E-state index is 12.1. The third-order valence-corrected chi connectivity index (χ3v) is 3.08. The minimum absolute atomic E-state index is 0.0246. The van der Waals surface area contributed by atoms with Crippen LogP contribution in [0.5, 0.6) is 0 Å². The Balaban J connectivity index is 2.01. The largest absolute Gasteiger partial charge is 0.384 e. The molecule has 0 spiro atoms. The number of amides is 1. The summed E-state index contributed by atoms with van der Waals surface area (Å²) in [6, 6.07) is 5.53. The molecule has 2 heterocycles. The number of nitrogens with two attached hydrogens (primary N) is 1. The van der Waals surface area contributed by atoms with E-state index in [0.29, 0.717) is 5.82 Å². The average molecular weight is 273 g/mol. The molecule has 106 valence electrons. The molecule has 1 amide bonds. The smallest absolute Gasteiger partial charge is 0.242 e. The molecule has 20 heavy (non-hydrogen) atoms. The Bertz CT molecular complexity index is 579. The minimum atomic E-state index is -0.108. The predicted molar refractivity (Wildman–Crippen MR) is 76.8 cm³/mol. The second kappa shape index (κ2) is 6.18. The van der Waals surface area contributed by atoms with Crippen molar-refractivity contribution in [2.24, 2.45) is 0 Å². The van der Waals surface area contributed by atoms with E-state index < -0.39 is 0 Å². The molecule has 0 aromatic carbocycles. The van der Waals surface area contributed by atoms with Crippen LogP contribution in [-0.4, -0.2) is 20.7 Å². The van der Waals surface area contributed by atoms with Crippen molar-refractivity contribution in [2.75, 3.05) is 5.73 Å². The second-order valence-electron chi connectivity index (χ2n) is 4.68. The van der Waals surface area contributed by atoms with E-state index >= 15 is 0 Å². The van der Waals surface area contributed by atoms with Gasteiger partial charge in [0.1, 0.15) is 12.4 Å². The first-order valence-electron chi connectivity index (χ1n) is 6.59. The van der Waals surface area contributed by atoms with Gasteiger partial charge in [0.05, 0.1) is 11.7 Å². The van der Waals surface area contributed by atoms with Crippen LogP contribution in [0, 0.1) is 6.92 Å². The summed E-state index contributed by atoms with van der Waals surface area (Å²) in [7, 11) is 0. The summed E-state index contributed by atoms with van der Waals surface area (Å²) >= 11 is 0. The lowest BCUT2D eigenvalue weighted by molar-refractivity contribution is -0.122. The fraction of sp³-hybridized carbons (Fsp3) is 0.357. The molecule has 3 N–H and O–H groups in total. The molecule has 1 unspecified atom stereocenters. The number of nitrogens with zero attached hydrogens (tertiary/aromatic N) is 3. The molecule has 0 aliphatic heterocycles. The number of carbonyl (C=O) groups excluding carboxylic acids is 1. The Labute approximate surface area is 118 Å². The van der Waals surface area contributed by atoms with Gasteiger partial charge in [-0.25, -0.2) is 4.68 Å². The molecular formula is C14H19N5O. The van der Waals surface area contributed by atoms with Crippen molar-refractivity contribution in [1.82, 2.24) is 20.1 Å². The zero-order valence-electron chi connectivity index (χ0n) is 11.7. The van der Waals surface area contributed by atoms with E-state index in [1.807, 2.05) is 26.0 Å². The number of nitrogen functional groups attached to an aromatic ring is 1. The van der Waals surface area contributed by atoms with Crippen LogP contribution in [0.2, 0.25) is 0 Å². The van der Waals surface area contributed by atoms with Crippen molar-refractivity contribution in [3.63, 3.8) is 0 Å². The van der Waals surface area contributed by atoms with Crippen molar-refractivity contribution < 1.29 is 4.79 Å². The molecule has 0 fully saturated rings.